The summed E-state index contributed by atoms with van der Waals surface area (Å²) in [6, 6.07) is 16.7. The summed E-state index contributed by atoms with van der Waals surface area (Å²) in [5.41, 5.74) is 9.23. The molecule has 2 heteroatoms. The Morgan fingerprint density at radius 3 is 2.53 bits per heavy atom. The molecule has 2 aromatic carbocycles. The lowest BCUT2D eigenvalue weighted by molar-refractivity contribution is 0.318. The minimum absolute atomic E-state index is 0.670. The monoisotopic (exact) mass is 255 g/mol. The molecule has 0 fully saturated rings. The van der Waals surface area contributed by atoms with Crippen LogP contribution in [0.4, 0.5) is 0 Å². The van der Waals surface area contributed by atoms with Crippen molar-refractivity contribution in [2.24, 2.45) is 5.73 Å². The van der Waals surface area contributed by atoms with Crippen molar-refractivity contribution in [1.29, 1.82) is 0 Å². The van der Waals surface area contributed by atoms with Crippen LogP contribution >= 0.6 is 0 Å². The fourth-order valence-corrected chi connectivity index (χ4v) is 2.08. The summed E-state index contributed by atoms with van der Waals surface area (Å²) < 4.78 is 5.84. The molecule has 0 unspecified atom stereocenters. The van der Waals surface area contributed by atoms with Gasteiger partial charge in [-0.05, 0) is 42.6 Å². The Bertz CT molecular complexity index is 508. The number of rotatable bonds is 6. The summed E-state index contributed by atoms with van der Waals surface area (Å²) >= 11 is 0. The molecule has 2 aromatic rings. The number of hydrogen-bond donors (Lipinski definition) is 1. The third-order valence-corrected chi connectivity index (χ3v) is 3.02. The van der Waals surface area contributed by atoms with Gasteiger partial charge in [-0.1, -0.05) is 43.3 Å². The van der Waals surface area contributed by atoms with Gasteiger partial charge in [0.15, 0.2) is 0 Å². The topological polar surface area (TPSA) is 35.2 Å². The van der Waals surface area contributed by atoms with Gasteiger partial charge in [0.05, 0.1) is 6.61 Å². The molecule has 2 N–H and O–H groups in total. The molecule has 0 saturated carbocycles. The van der Waals surface area contributed by atoms with Crippen molar-refractivity contribution in [1.82, 2.24) is 0 Å². The van der Waals surface area contributed by atoms with Gasteiger partial charge in [-0.3, -0.25) is 0 Å². The summed E-state index contributed by atoms with van der Waals surface area (Å²) in [7, 11) is 0. The Balaban J connectivity index is 2.38. The molecule has 2 nitrogen and oxygen atoms in total. The molecule has 0 atom stereocenters. The minimum Gasteiger partial charge on any atom is -0.493 e. The highest BCUT2D eigenvalue weighted by atomic mass is 16.5. The molecular weight excluding hydrogens is 234 g/mol. The van der Waals surface area contributed by atoms with E-state index in [2.05, 4.69) is 49.4 Å². The van der Waals surface area contributed by atoms with E-state index in [0.29, 0.717) is 6.54 Å². The standard InChI is InChI=1S/C17H21NO/c1-2-12-19-17-9-8-14(10-11-18)13-16(17)15-6-4-3-5-7-15/h3-9,13H,2,10-12,18H2,1H3. The second-order valence-corrected chi connectivity index (χ2v) is 4.58. The summed E-state index contributed by atoms with van der Waals surface area (Å²) in [6.45, 7) is 3.53. The normalized spacial score (nSPS) is 10.4. The average Bonchev–Trinajstić information content (AvgIpc) is 2.47. The van der Waals surface area contributed by atoms with Crippen LogP contribution < -0.4 is 10.5 Å². The second-order valence-electron chi connectivity index (χ2n) is 4.58. The predicted molar refractivity (Wildman–Crippen MR) is 80.4 cm³/mol. The van der Waals surface area contributed by atoms with Gasteiger partial charge in [0.1, 0.15) is 5.75 Å². The molecule has 0 heterocycles. The van der Waals surface area contributed by atoms with Crippen LogP contribution in [0.5, 0.6) is 5.75 Å². The first-order valence-electron chi connectivity index (χ1n) is 6.86. The number of nitrogens with two attached hydrogens (primary N) is 1. The highest BCUT2D eigenvalue weighted by Gasteiger charge is 2.07. The summed E-state index contributed by atoms with van der Waals surface area (Å²) in [4.78, 5) is 0. The maximum Gasteiger partial charge on any atom is 0.127 e. The number of hydrogen-bond acceptors (Lipinski definition) is 2. The van der Waals surface area contributed by atoms with Crippen molar-refractivity contribution in [3.05, 3.63) is 54.1 Å². The highest BCUT2D eigenvalue weighted by molar-refractivity contribution is 5.71. The summed E-state index contributed by atoms with van der Waals surface area (Å²) in [6.07, 6.45) is 1.91. The Hall–Kier alpha value is -1.80. The van der Waals surface area contributed by atoms with E-state index in [1.54, 1.807) is 0 Å². The fourth-order valence-electron chi connectivity index (χ4n) is 2.08. The quantitative estimate of drug-likeness (QED) is 0.855. The van der Waals surface area contributed by atoms with Crippen LogP contribution in [0.25, 0.3) is 11.1 Å². The van der Waals surface area contributed by atoms with Crippen molar-refractivity contribution >= 4 is 0 Å². The molecule has 19 heavy (non-hydrogen) atoms. The highest BCUT2D eigenvalue weighted by Crippen LogP contribution is 2.31. The molecule has 0 radical (unpaired) electrons. The van der Waals surface area contributed by atoms with Gasteiger partial charge in [-0.2, -0.15) is 0 Å². The van der Waals surface area contributed by atoms with Crippen LogP contribution in [-0.4, -0.2) is 13.2 Å². The predicted octanol–water partition coefficient (Wildman–Crippen LogP) is 3.64. The van der Waals surface area contributed by atoms with Crippen molar-refractivity contribution < 1.29 is 4.74 Å². The Labute approximate surface area is 115 Å². The summed E-state index contributed by atoms with van der Waals surface area (Å²) in [5.74, 6) is 0.953. The van der Waals surface area contributed by atoms with Crippen molar-refractivity contribution in [2.45, 2.75) is 19.8 Å². The van der Waals surface area contributed by atoms with Crippen LogP contribution in [0.15, 0.2) is 48.5 Å². The number of benzene rings is 2. The molecule has 0 bridgehead atoms. The third kappa shape index (κ3) is 3.58. The van der Waals surface area contributed by atoms with E-state index in [4.69, 9.17) is 10.5 Å². The van der Waals surface area contributed by atoms with E-state index in [1.807, 2.05) is 6.07 Å². The lowest BCUT2D eigenvalue weighted by Gasteiger charge is -2.13. The maximum absolute atomic E-state index is 5.84. The van der Waals surface area contributed by atoms with Gasteiger partial charge in [-0.25, -0.2) is 0 Å². The van der Waals surface area contributed by atoms with Crippen molar-refractivity contribution in [2.75, 3.05) is 13.2 Å². The molecule has 0 saturated heterocycles. The Kier molecular flexibility index (Phi) is 4.99. The van der Waals surface area contributed by atoms with Crippen LogP contribution in [0.2, 0.25) is 0 Å². The molecule has 0 aliphatic carbocycles. The molecule has 0 amide bonds. The zero-order valence-corrected chi connectivity index (χ0v) is 11.4. The van der Waals surface area contributed by atoms with Crippen LogP contribution in [0.1, 0.15) is 18.9 Å². The third-order valence-electron chi connectivity index (χ3n) is 3.02. The van der Waals surface area contributed by atoms with Gasteiger partial charge in [-0.15, -0.1) is 0 Å². The zero-order valence-electron chi connectivity index (χ0n) is 11.4. The van der Waals surface area contributed by atoms with E-state index in [0.717, 1.165) is 30.8 Å². The van der Waals surface area contributed by atoms with Gasteiger partial charge < -0.3 is 10.5 Å². The lowest BCUT2D eigenvalue weighted by atomic mass is 10.0. The SMILES string of the molecule is CCCOc1ccc(CCN)cc1-c1ccccc1. The first kappa shape index (κ1) is 13.6. The van der Waals surface area contributed by atoms with E-state index in [-0.39, 0.29) is 0 Å². The minimum atomic E-state index is 0.670. The molecular formula is C17H21NO. The molecule has 0 spiro atoms. The molecule has 0 aromatic heterocycles. The zero-order chi connectivity index (χ0) is 13.5. The van der Waals surface area contributed by atoms with E-state index in [9.17, 15) is 0 Å². The molecule has 0 aliphatic heterocycles. The van der Waals surface area contributed by atoms with E-state index >= 15 is 0 Å². The Morgan fingerprint density at radius 2 is 1.84 bits per heavy atom. The maximum atomic E-state index is 5.84. The van der Waals surface area contributed by atoms with Crippen LogP contribution in [0, 0.1) is 0 Å². The smallest absolute Gasteiger partial charge is 0.127 e. The van der Waals surface area contributed by atoms with Crippen molar-refractivity contribution in [3.63, 3.8) is 0 Å². The first-order valence-corrected chi connectivity index (χ1v) is 6.86. The van der Waals surface area contributed by atoms with Gasteiger partial charge in [0, 0.05) is 5.56 Å². The lowest BCUT2D eigenvalue weighted by Crippen LogP contribution is -2.03. The van der Waals surface area contributed by atoms with Gasteiger partial charge >= 0.3 is 0 Å². The molecule has 100 valence electrons. The average molecular weight is 255 g/mol. The second kappa shape index (κ2) is 6.95. The molecule has 0 aliphatic rings. The van der Waals surface area contributed by atoms with Crippen LogP contribution in [0.3, 0.4) is 0 Å². The molecule has 2 rings (SSSR count). The largest absolute Gasteiger partial charge is 0.493 e. The fraction of sp³-hybridized carbons (Fsp3) is 0.294. The van der Waals surface area contributed by atoms with Crippen molar-refractivity contribution in [3.8, 4) is 16.9 Å². The van der Waals surface area contributed by atoms with Gasteiger partial charge in [0.25, 0.3) is 0 Å². The van der Waals surface area contributed by atoms with E-state index < -0.39 is 0 Å². The van der Waals surface area contributed by atoms with Crippen LogP contribution in [-0.2, 0) is 6.42 Å². The van der Waals surface area contributed by atoms with E-state index in [1.165, 1.54) is 11.1 Å². The summed E-state index contributed by atoms with van der Waals surface area (Å²) in [5, 5.41) is 0. The first-order chi connectivity index (χ1) is 9.35. The number of ether oxygens (including phenoxy) is 1. The van der Waals surface area contributed by atoms with Gasteiger partial charge in [0.2, 0.25) is 0 Å². The Morgan fingerprint density at radius 1 is 1.05 bits per heavy atom.